The van der Waals surface area contributed by atoms with Crippen LogP contribution in [0.4, 0.5) is 11.9 Å². The van der Waals surface area contributed by atoms with E-state index >= 15 is 0 Å². The van der Waals surface area contributed by atoms with E-state index in [4.69, 9.17) is 14.9 Å². The third kappa shape index (κ3) is 4.97. The van der Waals surface area contributed by atoms with Gasteiger partial charge in [-0.3, -0.25) is 4.79 Å². The molecule has 0 unspecified atom stereocenters. The van der Waals surface area contributed by atoms with E-state index in [9.17, 15) is 4.79 Å². The van der Waals surface area contributed by atoms with Gasteiger partial charge in [0, 0.05) is 26.1 Å². The van der Waals surface area contributed by atoms with Crippen molar-refractivity contribution in [2.24, 2.45) is 0 Å². The Hall–Kier alpha value is -3.56. The van der Waals surface area contributed by atoms with Crippen molar-refractivity contribution in [3.63, 3.8) is 0 Å². The van der Waals surface area contributed by atoms with Crippen LogP contribution in [0.2, 0.25) is 0 Å². The number of anilines is 2. The highest BCUT2D eigenvalue weighted by molar-refractivity contribution is 5.69. The summed E-state index contributed by atoms with van der Waals surface area (Å²) in [6, 6.07) is 9.40. The lowest BCUT2D eigenvalue weighted by molar-refractivity contribution is -0.145. The van der Waals surface area contributed by atoms with Crippen molar-refractivity contribution in [3.05, 3.63) is 42.0 Å². The summed E-state index contributed by atoms with van der Waals surface area (Å²) in [7, 11) is 3.55. The fourth-order valence-corrected chi connectivity index (χ4v) is 2.17. The van der Waals surface area contributed by atoms with E-state index < -0.39 is 5.97 Å². The van der Waals surface area contributed by atoms with E-state index in [1.165, 1.54) is 0 Å². The summed E-state index contributed by atoms with van der Waals surface area (Å²) in [6.45, 7) is -0.0918. The first-order valence-corrected chi connectivity index (χ1v) is 8.22. The van der Waals surface area contributed by atoms with E-state index in [0.29, 0.717) is 17.7 Å². The average Bonchev–Trinajstić information content (AvgIpc) is 3.14. The maximum atomic E-state index is 11.9. The van der Waals surface area contributed by atoms with Crippen molar-refractivity contribution in [1.29, 1.82) is 0 Å². The van der Waals surface area contributed by atoms with Crippen molar-refractivity contribution >= 4 is 17.9 Å². The molecule has 0 atom stereocenters. The molecule has 2 N–H and O–H groups in total. The van der Waals surface area contributed by atoms with Crippen molar-refractivity contribution in [2.45, 2.75) is 19.4 Å². The number of carbonyl (C=O) groups is 1. The van der Waals surface area contributed by atoms with Gasteiger partial charge in [0.15, 0.2) is 12.4 Å². The average molecular weight is 369 g/mol. The zero-order valence-corrected chi connectivity index (χ0v) is 15.0. The topological polar surface area (TPSA) is 133 Å². The van der Waals surface area contributed by atoms with Crippen LogP contribution in [-0.4, -0.2) is 45.2 Å². The Bertz CT molecular complexity index is 912. The summed E-state index contributed by atoms with van der Waals surface area (Å²) in [5, 5.41) is 7.93. The van der Waals surface area contributed by atoms with Gasteiger partial charge in [-0.2, -0.15) is 15.0 Å². The second-order valence-corrected chi connectivity index (χ2v) is 5.83. The Balaban J connectivity index is 1.51. The molecular formula is C17H19N7O3. The first-order chi connectivity index (χ1) is 13.0. The summed E-state index contributed by atoms with van der Waals surface area (Å²) in [4.78, 5) is 25.7. The molecule has 0 spiro atoms. The predicted molar refractivity (Wildman–Crippen MR) is 96.4 cm³/mol. The molecule has 27 heavy (non-hydrogen) atoms. The number of nitrogens with two attached hydrogens (primary N) is 1. The largest absolute Gasteiger partial charge is 0.457 e. The molecule has 1 aromatic carbocycles. The molecule has 140 valence electrons. The lowest BCUT2D eigenvalue weighted by Crippen LogP contribution is -2.17. The minimum atomic E-state index is -0.431. The molecular weight excluding hydrogens is 350 g/mol. The normalized spacial score (nSPS) is 10.6. The fraction of sp³-hybridized carbons (Fsp3) is 0.294. The maximum Gasteiger partial charge on any atom is 0.306 e. The lowest BCUT2D eigenvalue weighted by atomic mass is 10.2. The molecule has 2 aromatic heterocycles. The number of esters is 1. The van der Waals surface area contributed by atoms with Gasteiger partial charge in [-0.25, -0.2) is 0 Å². The van der Waals surface area contributed by atoms with Crippen molar-refractivity contribution in [1.82, 2.24) is 25.1 Å². The molecule has 0 radical (unpaired) electrons. The molecule has 0 bridgehead atoms. The molecule has 0 amide bonds. The van der Waals surface area contributed by atoms with E-state index in [1.807, 2.05) is 30.3 Å². The Kier molecular flexibility index (Phi) is 5.55. The number of hydrogen-bond donors (Lipinski definition) is 1. The van der Waals surface area contributed by atoms with Gasteiger partial charge in [0.05, 0.1) is 6.42 Å². The molecule has 0 fully saturated rings. The first-order valence-electron chi connectivity index (χ1n) is 8.22. The second kappa shape index (κ2) is 8.21. The van der Waals surface area contributed by atoms with Gasteiger partial charge >= 0.3 is 5.97 Å². The number of ether oxygens (including phenoxy) is 1. The van der Waals surface area contributed by atoms with Crippen LogP contribution in [0.5, 0.6) is 0 Å². The van der Waals surface area contributed by atoms with Crippen LogP contribution < -0.4 is 10.6 Å². The molecule has 0 aliphatic heterocycles. The summed E-state index contributed by atoms with van der Waals surface area (Å²) < 4.78 is 10.7. The van der Waals surface area contributed by atoms with Gasteiger partial charge in [0.25, 0.3) is 0 Å². The minimum absolute atomic E-state index is 0.0686. The van der Waals surface area contributed by atoms with E-state index in [2.05, 4.69) is 25.1 Å². The molecule has 10 nitrogen and oxygen atoms in total. The smallest absolute Gasteiger partial charge is 0.306 e. The zero-order valence-electron chi connectivity index (χ0n) is 15.0. The second-order valence-electron chi connectivity index (χ2n) is 5.83. The van der Waals surface area contributed by atoms with Gasteiger partial charge < -0.3 is 19.8 Å². The van der Waals surface area contributed by atoms with Crippen molar-refractivity contribution < 1.29 is 13.9 Å². The Morgan fingerprint density at radius 2 is 1.93 bits per heavy atom. The first kappa shape index (κ1) is 18.2. The standard InChI is InChI=1S/C17H19N7O3/c1-24(2)17-20-12(19-16(18)21-17)10-26-14(25)9-8-13-22-23-15(27-13)11-6-4-3-5-7-11/h3-7H,8-10H2,1-2H3,(H2,18,19,20,21). The zero-order chi connectivity index (χ0) is 19.2. The molecule has 0 aliphatic carbocycles. The number of carbonyl (C=O) groups excluding carboxylic acids is 1. The van der Waals surface area contributed by atoms with Crippen LogP contribution in [0.3, 0.4) is 0 Å². The van der Waals surface area contributed by atoms with Crippen LogP contribution in [-0.2, 0) is 22.6 Å². The van der Waals surface area contributed by atoms with Crippen LogP contribution in [0.15, 0.2) is 34.7 Å². The summed E-state index contributed by atoms with van der Waals surface area (Å²) in [5.41, 5.74) is 6.45. The van der Waals surface area contributed by atoms with Crippen LogP contribution >= 0.6 is 0 Å². The van der Waals surface area contributed by atoms with Crippen LogP contribution in [0.1, 0.15) is 18.1 Å². The highest BCUT2D eigenvalue weighted by Crippen LogP contribution is 2.17. The van der Waals surface area contributed by atoms with E-state index in [0.717, 1.165) is 5.56 Å². The molecule has 0 saturated carbocycles. The Labute approximate surface area is 155 Å². The maximum absolute atomic E-state index is 11.9. The van der Waals surface area contributed by atoms with Gasteiger partial charge in [0.2, 0.25) is 23.7 Å². The number of nitrogens with zero attached hydrogens (tertiary/aromatic N) is 6. The fourth-order valence-electron chi connectivity index (χ4n) is 2.17. The third-order valence-corrected chi connectivity index (χ3v) is 3.48. The number of rotatable bonds is 7. The third-order valence-electron chi connectivity index (χ3n) is 3.48. The molecule has 0 saturated heterocycles. The molecule has 10 heteroatoms. The monoisotopic (exact) mass is 369 g/mol. The molecule has 3 aromatic rings. The predicted octanol–water partition coefficient (Wildman–Crippen LogP) is 1.25. The van der Waals surface area contributed by atoms with Crippen molar-refractivity contribution in [2.75, 3.05) is 24.7 Å². The summed E-state index contributed by atoms with van der Waals surface area (Å²) >= 11 is 0. The number of nitrogen functional groups attached to an aromatic ring is 1. The Morgan fingerprint density at radius 3 is 2.67 bits per heavy atom. The molecule has 2 heterocycles. The van der Waals surface area contributed by atoms with Gasteiger partial charge in [0.1, 0.15) is 0 Å². The lowest BCUT2D eigenvalue weighted by Gasteiger charge is -2.11. The molecule has 0 aliphatic rings. The number of hydrogen-bond acceptors (Lipinski definition) is 10. The van der Waals surface area contributed by atoms with E-state index in [1.54, 1.807) is 19.0 Å². The SMILES string of the molecule is CN(C)c1nc(N)nc(COC(=O)CCc2nnc(-c3ccccc3)o2)n1. The summed E-state index contributed by atoms with van der Waals surface area (Å²) in [6.07, 6.45) is 0.373. The highest BCUT2D eigenvalue weighted by atomic mass is 16.5. The minimum Gasteiger partial charge on any atom is -0.457 e. The number of aromatic nitrogens is 5. The van der Waals surface area contributed by atoms with Crippen LogP contribution in [0, 0.1) is 0 Å². The number of aryl methyl sites for hydroxylation is 1. The van der Waals surface area contributed by atoms with Gasteiger partial charge in [-0.1, -0.05) is 18.2 Å². The van der Waals surface area contributed by atoms with E-state index in [-0.39, 0.29) is 31.2 Å². The quantitative estimate of drug-likeness (QED) is 0.606. The summed E-state index contributed by atoms with van der Waals surface area (Å²) in [5.74, 6) is 1.09. The van der Waals surface area contributed by atoms with Crippen LogP contribution in [0.25, 0.3) is 11.5 Å². The van der Waals surface area contributed by atoms with Crippen molar-refractivity contribution in [3.8, 4) is 11.5 Å². The Morgan fingerprint density at radius 1 is 1.15 bits per heavy atom. The number of benzene rings is 1. The van der Waals surface area contributed by atoms with Gasteiger partial charge in [-0.05, 0) is 12.1 Å². The highest BCUT2D eigenvalue weighted by Gasteiger charge is 2.13. The van der Waals surface area contributed by atoms with Gasteiger partial charge in [-0.15, -0.1) is 10.2 Å². The molecule has 3 rings (SSSR count).